The molecule has 1 aromatic heterocycles. The number of likely N-dealkylation sites (tertiary alicyclic amines) is 1. The number of aromatic hydroxyl groups is 1. The number of ether oxygens (including phenoxy) is 1. The standard InChI is InChI=1S/C22H23N3O3/c1-2-28-22(27)25-10-7-14(8-11-25)20-17-6-5-16(26)13-18(17)19(23)12-15-4-3-9-24-21(15)20/h3-6,9,12-13,26H,2,7-8,10-11,23H2,1H3. The summed E-state index contributed by atoms with van der Waals surface area (Å²) in [5, 5.41) is 9.99. The molecule has 28 heavy (non-hydrogen) atoms. The second-order valence-electron chi connectivity index (χ2n) is 6.94. The lowest BCUT2D eigenvalue weighted by molar-refractivity contribution is 0.104. The van der Waals surface area contributed by atoms with Crippen molar-refractivity contribution < 1.29 is 14.6 Å². The zero-order valence-electron chi connectivity index (χ0n) is 15.8. The van der Waals surface area contributed by atoms with E-state index in [4.69, 9.17) is 10.5 Å². The highest BCUT2D eigenvalue weighted by molar-refractivity contribution is 5.97. The van der Waals surface area contributed by atoms with Crippen molar-refractivity contribution in [2.24, 2.45) is 5.73 Å². The number of amides is 1. The Morgan fingerprint density at radius 2 is 2.04 bits per heavy atom. The minimum atomic E-state index is -0.262. The number of nitrogens with zero attached hydrogens (tertiary/aromatic N) is 2. The third-order valence-electron chi connectivity index (χ3n) is 5.22. The van der Waals surface area contributed by atoms with Crippen LogP contribution in [0.15, 0.2) is 42.1 Å². The van der Waals surface area contributed by atoms with Crippen LogP contribution in [0.3, 0.4) is 0 Å². The molecule has 0 radical (unpaired) electrons. The number of fused-ring (bicyclic) bond motifs is 2. The summed E-state index contributed by atoms with van der Waals surface area (Å²) in [6, 6.07) is 9.15. The van der Waals surface area contributed by atoms with E-state index in [1.165, 1.54) is 5.57 Å². The van der Waals surface area contributed by atoms with Crippen LogP contribution in [0.25, 0.3) is 17.3 Å². The molecule has 6 nitrogen and oxygen atoms in total. The monoisotopic (exact) mass is 377 g/mol. The van der Waals surface area contributed by atoms with Gasteiger partial charge in [0.05, 0.1) is 12.3 Å². The second-order valence-corrected chi connectivity index (χ2v) is 6.94. The minimum absolute atomic E-state index is 0.176. The van der Waals surface area contributed by atoms with Crippen molar-refractivity contribution >= 4 is 23.4 Å². The fraction of sp³-hybridized carbons (Fsp3) is 0.273. The van der Waals surface area contributed by atoms with Gasteiger partial charge in [-0.1, -0.05) is 11.6 Å². The highest BCUT2D eigenvalue weighted by atomic mass is 16.6. The normalized spacial score (nSPS) is 16.0. The quantitative estimate of drug-likeness (QED) is 0.792. The summed E-state index contributed by atoms with van der Waals surface area (Å²) in [6.45, 7) is 3.40. The van der Waals surface area contributed by atoms with Crippen molar-refractivity contribution in [3.63, 3.8) is 0 Å². The van der Waals surface area contributed by atoms with E-state index in [9.17, 15) is 9.90 Å². The molecular weight excluding hydrogens is 354 g/mol. The van der Waals surface area contributed by atoms with Crippen LogP contribution in [0.1, 0.15) is 42.1 Å². The fourth-order valence-electron chi connectivity index (χ4n) is 3.89. The molecule has 1 aromatic carbocycles. The first-order valence-electron chi connectivity index (χ1n) is 9.48. The van der Waals surface area contributed by atoms with Crippen molar-refractivity contribution in [1.29, 1.82) is 0 Å². The van der Waals surface area contributed by atoms with Crippen LogP contribution in [-0.4, -0.2) is 40.8 Å². The van der Waals surface area contributed by atoms with Gasteiger partial charge in [0.15, 0.2) is 0 Å². The van der Waals surface area contributed by atoms with E-state index < -0.39 is 0 Å². The van der Waals surface area contributed by atoms with E-state index in [0.29, 0.717) is 25.4 Å². The Kier molecular flexibility index (Phi) is 4.77. The van der Waals surface area contributed by atoms with Gasteiger partial charge in [0.2, 0.25) is 0 Å². The number of rotatable bonds is 1. The van der Waals surface area contributed by atoms with Gasteiger partial charge >= 0.3 is 6.09 Å². The summed E-state index contributed by atoms with van der Waals surface area (Å²) in [5.74, 6) is 0.176. The van der Waals surface area contributed by atoms with Gasteiger partial charge in [-0.2, -0.15) is 0 Å². The van der Waals surface area contributed by atoms with Crippen LogP contribution in [0, 0.1) is 0 Å². The highest BCUT2D eigenvalue weighted by Crippen LogP contribution is 2.40. The molecule has 2 aromatic rings. The number of benzene rings is 1. The van der Waals surface area contributed by atoms with Crippen molar-refractivity contribution in [3.05, 3.63) is 64.5 Å². The Morgan fingerprint density at radius 3 is 2.79 bits per heavy atom. The first-order chi connectivity index (χ1) is 13.6. The number of phenolic OH excluding ortho intramolecular Hbond substituents is 1. The topological polar surface area (TPSA) is 88.7 Å². The molecule has 6 heteroatoms. The summed E-state index contributed by atoms with van der Waals surface area (Å²) in [4.78, 5) is 18.4. The maximum atomic E-state index is 12.0. The van der Waals surface area contributed by atoms with Crippen LogP contribution >= 0.6 is 0 Å². The number of carbonyl (C=O) groups is 1. The fourth-order valence-corrected chi connectivity index (χ4v) is 3.89. The summed E-state index contributed by atoms with van der Waals surface area (Å²) in [7, 11) is 0. The number of aromatic nitrogens is 1. The SMILES string of the molecule is CCOC(=O)N1CCC(=C2c3ccc(O)cc3C(N)=Cc3cccnc32)CC1. The molecule has 0 saturated carbocycles. The van der Waals surface area contributed by atoms with Gasteiger partial charge in [0.25, 0.3) is 0 Å². The van der Waals surface area contributed by atoms with Crippen molar-refractivity contribution in [2.75, 3.05) is 19.7 Å². The van der Waals surface area contributed by atoms with Crippen molar-refractivity contribution in [2.45, 2.75) is 19.8 Å². The lowest BCUT2D eigenvalue weighted by atomic mass is 9.88. The number of nitrogens with two attached hydrogens (primary N) is 1. The smallest absolute Gasteiger partial charge is 0.409 e. The van der Waals surface area contributed by atoms with E-state index in [2.05, 4.69) is 4.98 Å². The molecular formula is C22H23N3O3. The minimum Gasteiger partial charge on any atom is -0.508 e. The predicted octanol–water partition coefficient (Wildman–Crippen LogP) is 3.61. The van der Waals surface area contributed by atoms with E-state index in [1.807, 2.05) is 31.2 Å². The molecule has 0 unspecified atom stereocenters. The van der Waals surface area contributed by atoms with Gasteiger partial charge in [-0.3, -0.25) is 4.98 Å². The van der Waals surface area contributed by atoms with E-state index in [1.54, 1.807) is 23.2 Å². The second kappa shape index (κ2) is 7.38. The Balaban J connectivity index is 1.81. The van der Waals surface area contributed by atoms with Crippen LogP contribution in [0.4, 0.5) is 4.79 Å². The van der Waals surface area contributed by atoms with Crippen molar-refractivity contribution in [3.8, 4) is 5.75 Å². The predicted molar refractivity (Wildman–Crippen MR) is 108 cm³/mol. The molecule has 1 aliphatic carbocycles. The van der Waals surface area contributed by atoms with Crippen LogP contribution in [-0.2, 0) is 4.74 Å². The molecule has 144 valence electrons. The van der Waals surface area contributed by atoms with E-state index in [0.717, 1.165) is 40.8 Å². The molecule has 0 spiro atoms. The average molecular weight is 377 g/mol. The molecule has 3 N–H and O–H groups in total. The van der Waals surface area contributed by atoms with Gasteiger partial charge in [-0.05, 0) is 55.7 Å². The summed E-state index contributed by atoms with van der Waals surface area (Å²) >= 11 is 0. The molecule has 1 amide bonds. The maximum absolute atomic E-state index is 12.0. The zero-order valence-corrected chi connectivity index (χ0v) is 15.8. The lowest BCUT2D eigenvalue weighted by Gasteiger charge is -2.29. The maximum Gasteiger partial charge on any atom is 0.409 e. The molecule has 4 rings (SSSR count). The van der Waals surface area contributed by atoms with Gasteiger partial charge < -0.3 is 20.5 Å². The first-order valence-corrected chi connectivity index (χ1v) is 9.48. The van der Waals surface area contributed by atoms with Crippen LogP contribution < -0.4 is 5.73 Å². The summed E-state index contributed by atoms with van der Waals surface area (Å²) < 4.78 is 5.13. The van der Waals surface area contributed by atoms with Crippen LogP contribution in [0.5, 0.6) is 5.75 Å². The highest BCUT2D eigenvalue weighted by Gasteiger charge is 2.27. The Morgan fingerprint density at radius 1 is 1.25 bits per heavy atom. The van der Waals surface area contributed by atoms with Gasteiger partial charge in [-0.15, -0.1) is 0 Å². The molecule has 2 heterocycles. The summed E-state index contributed by atoms with van der Waals surface area (Å²) in [6.07, 6.45) is 4.90. The van der Waals surface area contributed by atoms with Gasteiger partial charge in [-0.25, -0.2) is 4.79 Å². The largest absolute Gasteiger partial charge is 0.508 e. The van der Waals surface area contributed by atoms with Crippen molar-refractivity contribution in [1.82, 2.24) is 9.88 Å². The van der Waals surface area contributed by atoms with Gasteiger partial charge in [0.1, 0.15) is 5.75 Å². The van der Waals surface area contributed by atoms with Gasteiger partial charge in [0, 0.05) is 41.7 Å². The van der Waals surface area contributed by atoms with E-state index in [-0.39, 0.29) is 11.8 Å². The van der Waals surface area contributed by atoms with E-state index >= 15 is 0 Å². The molecule has 2 aliphatic rings. The lowest BCUT2D eigenvalue weighted by Crippen LogP contribution is -2.37. The zero-order chi connectivity index (χ0) is 19.7. The average Bonchev–Trinajstić information content (AvgIpc) is 2.82. The molecule has 0 bridgehead atoms. The Hall–Kier alpha value is -3.28. The molecule has 0 atom stereocenters. The molecule has 1 fully saturated rings. The third kappa shape index (κ3) is 3.22. The Bertz CT molecular complexity index is 984. The number of pyridine rings is 1. The number of hydrogen-bond donors (Lipinski definition) is 2. The molecule has 1 saturated heterocycles. The molecule has 1 aliphatic heterocycles. The number of hydrogen-bond acceptors (Lipinski definition) is 5. The summed E-state index contributed by atoms with van der Waals surface area (Å²) in [5.41, 5.74) is 12.8. The third-order valence-corrected chi connectivity index (χ3v) is 5.22. The number of phenols is 1. The first kappa shape index (κ1) is 18.1. The number of carbonyl (C=O) groups excluding carboxylic acids is 1. The number of piperidine rings is 1. The Labute approximate surface area is 164 Å². The van der Waals surface area contributed by atoms with Crippen LogP contribution in [0.2, 0.25) is 0 Å².